The van der Waals surface area contributed by atoms with Crippen molar-refractivity contribution in [3.8, 4) is 0 Å². The van der Waals surface area contributed by atoms with Gasteiger partial charge in [-0.15, -0.1) is 11.6 Å². The number of carbonyl (C=O) groups excluding carboxylic acids is 1. The first kappa shape index (κ1) is 11.3. The zero-order valence-corrected chi connectivity index (χ0v) is 9.05. The Balaban J connectivity index is 2.00. The Hall–Kier alpha value is -1.17. The molecule has 4 nitrogen and oxygen atoms in total. The number of nitrogens with zero attached hydrogens (tertiary/aromatic N) is 2. The van der Waals surface area contributed by atoms with Gasteiger partial charge in [0.25, 0.3) is 5.92 Å². The van der Waals surface area contributed by atoms with Crippen molar-refractivity contribution in [2.45, 2.75) is 24.9 Å². The molecule has 0 saturated heterocycles. The average Bonchev–Trinajstić information content (AvgIpc) is 2.69. The third-order valence-corrected chi connectivity index (χ3v) is 2.67. The maximum Gasteiger partial charge on any atom is 0.272 e. The highest BCUT2D eigenvalue weighted by atomic mass is 35.5. The lowest BCUT2D eigenvalue weighted by molar-refractivity contribution is -0.118. The molecular weight excluding hydrogens is 240 g/mol. The molecule has 0 radical (unpaired) electrons. The predicted molar refractivity (Wildman–Crippen MR) is 53.4 cm³/mol. The van der Waals surface area contributed by atoms with E-state index in [0.717, 1.165) is 0 Å². The first-order chi connectivity index (χ1) is 7.54. The standard InChI is InChI=1S/C9H10ClF2N3O/c10-4-8(16)13-5-6-1-2-14-15(6)7-3-9(7,11)12/h1-2,7H,3-5H2,(H,13,16). The summed E-state index contributed by atoms with van der Waals surface area (Å²) in [5.74, 6) is -3.15. The average molecular weight is 250 g/mol. The summed E-state index contributed by atoms with van der Waals surface area (Å²) >= 11 is 5.30. The van der Waals surface area contributed by atoms with Gasteiger partial charge in [-0.25, -0.2) is 8.78 Å². The van der Waals surface area contributed by atoms with Crippen molar-refractivity contribution >= 4 is 17.5 Å². The van der Waals surface area contributed by atoms with Gasteiger partial charge in [0, 0.05) is 12.6 Å². The van der Waals surface area contributed by atoms with Crippen LogP contribution in [0.2, 0.25) is 0 Å². The molecule has 1 aromatic heterocycles. The molecule has 1 heterocycles. The summed E-state index contributed by atoms with van der Waals surface area (Å²) in [6.07, 6.45) is 1.25. The third-order valence-electron chi connectivity index (χ3n) is 2.43. The zero-order chi connectivity index (χ0) is 11.8. The molecule has 1 fully saturated rings. The van der Waals surface area contributed by atoms with Crippen LogP contribution in [0.25, 0.3) is 0 Å². The summed E-state index contributed by atoms with van der Waals surface area (Å²) in [6.45, 7) is 0.165. The summed E-state index contributed by atoms with van der Waals surface area (Å²) in [7, 11) is 0. The van der Waals surface area contributed by atoms with E-state index in [0.29, 0.717) is 5.69 Å². The number of hydrogen-bond donors (Lipinski definition) is 1. The topological polar surface area (TPSA) is 46.9 Å². The largest absolute Gasteiger partial charge is 0.349 e. The van der Waals surface area contributed by atoms with E-state index in [1.807, 2.05) is 0 Å². The summed E-state index contributed by atoms with van der Waals surface area (Å²) in [4.78, 5) is 10.9. The molecule has 1 aromatic rings. The number of aromatic nitrogens is 2. The summed E-state index contributed by atoms with van der Waals surface area (Å²) in [6, 6.07) is 0.730. The second-order valence-electron chi connectivity index (χ2n) is 3.66. The number of carbonyl (C=O) groups is 1. The van der Waals surface area contributed by atoms with Gasteiger partial charge in [0.15, 0.2) is 0 Å². The Labute approximate surface area is 95.6 Å². The quantitative estimate of drug-likeness (QED) is 0.818. The minimum Gasteiger partial charge on any atom is -0.349 e. The van der Waals surface area contributed by atoms with Gasteiger partial charge in [-0.05, 0) is 6.07 Å². The van der Waals surface area contributed by atoms with Crippen LogP contribution in [-0.4, -0.2) is 27.5 Å². The van der Waals surface area contributed by atoms with Gasteiger partial charge in [0.05, 0.1) is 12.2 Å². The van der Waals surface area contributed by atoms with Crippen molar-refractivity contribution in [2.75, 3.05) is 5.88 Å². The van der Waals surface area contributed by atoms with Crippen molar-refractivity contribution < 1.29 is 13.6 Å². The van der Waals surface area contributed by atoms with E-state index in [2.05, 4.69) is 10.4 Å². The molecule has 1 aliphatic rings. The summed E-state index contributed by atoms with van der Waals surface area (Å²) in [5.41, 5.74) is 0.556. The normalized spacial score (nSPS) is 21.8. The van der Waals surface area contributed by atoms with E-state index in [-0.39, 0.29) is 24.8 Å². The minimum absolute atomic E-state index is 0.145. The second-order valence-corrected chi connectivity index (χ2v) is 3.93. The Morgan fingerprint density at radius 3 is 3.00 bits per heavy atom. The Morgan fingerprint density at radius 1 is 1.75 bits per heavy atom. The Kier molecular flexibility index (Phi) is 2.84. The van der Waals surface area contributed by atoms with Gasteiger partial charge in [-0.3, -0.25) is 9.48 Å². The van der Waals surface area contributed by atoms with Crippen LogP contribution < -0.4 is 5.32 Å². The van der Waals surface area contributed by atoms with E-state index < -0.39 is 12.0 Å². The second kappa shape index (κ2) is 4.01. The van der Waals surface area contributed by atoms with Crippen molar-refractivity contribution in [3.63, 3.8) is 0 Å². The van der Waals surface area contributed by atoms with Crippen LogP contribution in [0.5, 0.6) is 0 Å². The SMILES string of the molecule is O=C(CCl)NCc1ccnn1C1CC1(F)F. The molecule has 16 heavy (non-hydrogen) atoms. The van der Waals surface area contributed by atoms with Gasteiger partial charge >= 0.3 is 0 Å². The van der Waals surface area contributed by atoms with Crippen molar-refractivity contribution in [1.29, 1.82) is 0 Å². The molecule has 88 valence electrons. The van der Waals surface area contributed by atoms with Gasteiger partial charge in [-0.1, -0.05) is 0 Å². The highest BCUT2D eigenvalue weighted by molar-refractivity contribution is 6.27. The van der Waals surface area contributed by atoms with Gasteiger partial charge in [0.2, 0.25) is 5.91 Å². The molecule has 0 bridgehead atoms. The molecular formula is C9H10ClF2N3O. The zero-order valence-electron chi connectivity index (χ0n) is 8.29. The fourth-order valence-corrected chi connectivity index (χ4v) is 1.56. The van der Waals surface area contributed by atoms with Crippen LogP contribution in [0, 0.1) is 0 Å². The number of nitrogens with one attached hydrogen (secondary N) is 1. The first-order valence-electron chi connectivity index (χ1n) is 4.77. The summed E-state index contributed by atoms with van der Waals surface area (Å²) in [5, 5.41) is 6.34. The fourth-order valence-electron chi connectivity index (χ4n) is 1.46. The lowest BCUT2D eigenvalue weighted by Crippen LogP contribution is -2.25. The molecule has 1 N–H and O–H groups in total. The van der Waals surface area contributed by atoms with Crippen molar-refractivity contribution in [3.05, 3.63) is 18.0 Å². The summed E-state index contributed by atoms with van der Waals surface area (Å²) < 4.78 is 26.9. The highest BCUT2D eigenvalue weighted by Crippen LogP contribution is 2.52. The van der Waals surface area contributed by atoms with Crippen LogP contribution in [-0.2, 0) is 11.3 Å². The smallest absolute Gasteiger partial charge is 0.272 e. The van der Waals surface area contributed by atoms with Crippen LogP contribution in [0.4, 0.5) is 8.78 Å². The molecule has 2 rings (SSSR count). The number of hydrogen-bond acceptors (Lipinski definition) is 2. The van der Waals surface area contributed by atoms with E-state index in [1.165, 1.54) is 10.9 Å². The van der Waals surface area contributed by atoms with Gasteiger partial charge in [0.1, 0.15) is 11.9 Å². The van der Waals surface area contributed by atoms with Crippen molar-refractivity contribution in [1.82, 2.24) is 15.1 Å². The van der Waals surface area contributed by atoms with Crippen LogP contribution in [0.1, 0.15) is 18.2 Å². The van der Waals surface area contributed by atoms with E-state index in [1.54, 1.807) is 6.07 Å². The maximum absolute atomic E-state index is 12.8. The molecule has 0 aromatic carbocycles. The van der Waals surface area contributed by atoms with Crippen LogP contribution in [0.15, 0.2) is 12.3 Å². The van der Waals surface area contributed by atoms with E-state index >= 15 is 0 Å². The number of rotatable bonds is 4. The molecule has 1 amide bonds. The number of alkyl halides is 3. The van der Waals surface area contributed by atoms with Crippen molar-refractivity contribution in [2.24, 2.45) is 0 Å². The maximum atomic E-state index is 12.8. The molecule has 0 aliphatic heterocycles. The minimum atomic E-state index is -2.67. The lowest BCUT2D eigenvalue weighted by Gasteiger charge is -2.07. The molecule has 7 heteroatoms. The molecule has 0 spiro atoms. The van der Waals surface area contributed by atoms with Crippen LogP contribution >= 0.6 is 11.6 Å². The lowest BCUT2D eigenvalue weighted by atomic mass is 10.4. The van der Waals surface area contributed by atoms with E-state index in [9.17, 15) is 13.6 Å². The third kappa shape index (κ3) is 2.16. The van der Waals surface area contributed by atoms with Gasteiger partial charge in [-0.2, -0.15) is 5.10 Å². The van der Waals surface area contributed by atoms with Gasteiger partial charge < -0.3 is 5.32 Å². The number of amides is 1. The molecule has 1 saturated carbocycles. The molecule has 1 atom stereocenters. The highest BCUT2D eigenvalue weighted by Gasteiger charge is 2.59. The predicted octanol–water partition coefficient (Wildman–Crippen LogP) is 1.32. The fraction of sp³-hybridized carbons (Fsp3) is 0.556. The number of halogens is 3. The Bertz CT molecular complexity index is 407. The Morgan fingerprint density at radius 2 is 2.44 bits per heavy atom. The molecule has 1 aliphatic carbocycles. The van der Waals surface area contributed by atoms with E-state index in [4.69, 9.17) is 11.6 Å². The monoisotopic (exact) mass is 249 g/mol. The first-order valence-corrected chi connectivity index (χ1v) is 5.31. The molecule has 1 unspecified atom stereocenters. The van der Waals surface area contributed by atoms with Crippen LogP contribution in [0.3, 0.4) is 0 Å².